The molecule has 0 aliphatic heterocycles. The zero-order valence-corrected chi connectivity index (χ0v) is 23.1. The van der Waals surface area contributed by atoms with Gasteiger partial charge in [-0.2, -0.15) is 0 Å². The Morgan fingerprint density at radius 1 is 1.08 bits per heavy atom. The van der Waals surface area contributed by atoms with E-state index in [9.17, 15) is 18.0 Å². The average Bonchev–Trinajstić information content (AvgIpc) is 2.84. The van der Waals surface area contributed by atoms with Gasteiger partial charge in [-0.05, 0) is 50.5 Å². The number of hydrogen-bond acceptors (Lipinski definition) is 5. The maximum absolute atomic E-state index is 13.4. The number of nitrogens with one attached hydrogen (secondary N) is 1. The first-order valence-corrected chi connectivity index (χ1v) is 14.2. The van der Waals surface area contributed by atoms with E-state index in [-0.39, 0.29) is 43.8 Å². The topological polar surface area (TPSA) is 96.0 Å². The third-order valence-electron chi connectivity index (χ3n) is 5.97. The molecule has 2 amide bonds. The van der Waals surface area contributed by atoms with Crippen molar-refractivity contribution in [3.63, 3.8) is 0 Å². The van der Waals surface area contributed by atoms with Crippen molar-refractivity contribution in [3.8, 4) is 5.75 Å². The van der Waals surface area contributed by atoms with Crippen LogP contribution in [0, 0.1) is 0 Å². The Kier molecular flexibility index (Phi) is 11.0. The molecule has 2 rings (SSSR count). The molecule has 0 bridgehead atoms. The van der Waals surface area contributed by atoms with E-state index in [0.717, 1.165) is 18.2 Å². The van der Waals surface area contributed by atoms with Crippen LogP contribution >= 0.6 is 11.6 Å². The second-order valence-corrected chi connectivity index (χ2v) is 11.0. The molecular formula is C26H36ClN3O5S. The molecule has 0 fully saturated rings. The van der Waals surface area contributed by atoms with Crippen LogP contribution in [0.5, 0.6) is 5.75 Å². The number of nitrogens with zero attached hydrogens (tertiary/aromatic N) is 2. The van der Waals surface area contributed by atoms with E-state index in [1.165, 1.54) is 16.3 Å². The number of para-hydroxylation sites is 2. The zero-order chi connectivity index (χ0) is 26.9. The van der Waals surface area contributed by atoms with Crippen molar-refractivity contribution in [3.05, 3.63) is 59.1 Å². The molecule has 8 nitrogen and oxygen atoms in total. The first kappa shape index (κ1) is 29.5. The summed E-state index contributed by atoms with van der Waals surface area (Å²) < 4.78 is 31.6. The molecule has 0 aliphatic rings. The number of hydrogen-bond donors (Lipinski definition) is 1. The van der Waals surface area contributed by atoms with Crippen LogP contribution in [0.2, 0.25) is 5.02 Å². The molecule has 36 heavy (non-hydrogen) atoms. The zero-order valence-electron chi connectivity index (χ0n) is 21.5. The summed E-state index contributed by atoms with van der Waals surface area (Å²) in [6, 6.07) is 13.2. The van der Waals surface area contributed by atoms with E-state index in [1.807, 2.05) is 26.0 Å². The number of carbonyl (C=O) groups excluding carboxylic acids is 2. The summed E-state index contributed by atoms with van der Waals surface area (Å²) in [6.07, 6.45) is 2.18. The SMILES string of the molecule is CCC(C)NC(=O)C(C)N(Cc1ccccc1Cl)C(=O)CCCN(c1ccccc1OC)S(C)(=O)=O. The van der Waals surface area contributed by atoms with Crippen molar-refractivity contribution in [1.82, 2.24) is 10.2 Å². The Labute approximate surface area is 219 Å². The van der Waals surface area contributed by atoms with E-state index in [2.05, 4.69) is 5.32 Å². The first-order chi connectivity index (χ1) is 17.0. The molecule has 0 saturated carbocycles. The van der Waals surface area contributed by atoms with Crippen molar-refractivity contribution in [1.29, 1.82) is 0 Å². The normalized spacial score (nSPS) is 12.9. The lowest BCUT2D eigenvalue weighted by Crippen LogP contribution is -2.49. The van der Waals surface area contributed by atoms with Gasteiger partial charge in [-0.3, -0.25) is 13.9 Å². The van der Waals surface area contributed by atoms with Gasteiger partial charge in [0.05, 0.1) is 19.1 Å². The van der Waals surface area contributed by atoms with Gasteiger partial charge >= 0.3 is 0 Å². The van der Waals surface area contributed by atoms with Crippen molar-refractivity contribution in [2.75, 3.05) is 24.2 Å². The standard InChI is InChI=1S/C26H36ClN3O5S/c1-6-19(2)28-26(32)20(3)29(18-21-12-7-8-13-22(21)27)25(31)16-11-17-30(36(5,33)34)23-14-9-10-15-24(23)35-4/h7-10,12-15,19-20H,6,11,16-18H2,1-5H3,(H,28,32). The number of benzene rings is 2. The minimum absolute atomic E-state index is 0.0265. The Hall–Kier alpha value is -2.78. The summed E-state index contributed by atoms with van der Waals surface area (Å²) in [5.41, 5.74) is 1.13. The second-order valence-electron chi connectivity index (χ2n) is 8.72. The smallest absolute Gasteiger partial charge is 0.242 e. The number of amides is 2. The Morgan fingerprint density at radius 2 is 1.72 bits per heavy atom. The highest BCUT2D eigenvalue weighted by Gasteiger charge is 2.28. The van der Waals surface area contributed by atoms with Crippen LogP contribution in [-0.4, -0.2) is 57.1 Å². The maximum atomic E-state index is 13.4. The summed E-state index contributed by atoms with van der Waals surface area (Å²) in [6.45, 7) is 5.80. The molecule has 0 radical (unpaired) electrons. The number of carbonyl (C=O) groups is 2. The fourth-order valence-electron chi connectivity index (χ4n) is 3.68. The van der Waals surface area contributed by atoms with E-state index < -0.39 is 16.1 Å². The van der Waals surface area contributed by atoms with Crippen LogP contribution < -0.4 is 14.4 Å². The van der Waals surface area contributed by atoms with Crippen LogP contribution in [0.4, 0.5) is 5.69 Å². The molecule has 2 aromatic carbocycles. The van der Waals surface area contributed by atoms with Gasteiger partial charge in [0.2, 0.25) is 21.8 Å². The van der Waals surface area contributed by atoms with Crippen molar-refractivity contribution in [2.24, 2.45) is 0 Å². The molecule has 10 heteroatoms. The van der Waals surface area contributed by atoms with Crippen LogP contribution in [-0.2, 0) is 26.2 Å². The van der Waals surface area contributed by atoms with E-state index in [1.54, 1.807) is 43.3 Å². The van der Waals surface area contributed by atoms with Crippen LogP contribution in [0.15, 0.2) is 48.5 Å². The molecule has 1 N–H and O–H groups in total. The summed E-state index contributed by atoms with van der Waals surface area (Å²) in [5, 5.41) is 3.43. The van der Waals surface area contributed by atoms with Gasteiger partial charge in [0.1, 0.15) is 11.8 Å². The Bertz CT molecular complexity index is 1140. The minimum atomic E-state index is -3.62. The molecule has 198 valence electrons. The van der Waals surface area contributed by atoms with Gasteiger partial charge in [0.15, 0.2) is 0 Å². The average molecular weight is 538 g/mol. The molecule has 2 aromatic rings. The summed E-state index contributed by atoms with van der Waals surface area (Å²) in [7, 11) is -2.15. The van der Waals surface area contributed by atoms with Gasteiger partial charge in [0, 0.05) is 30.6 Å². The highest BCUT2D eigenvalue weighted by Crippen LogP contribution is 2.30. The summed E-state index contributed by atoms with van der Waals surface area (Å²) >= 11 is 6.33. The largest absolute Gasteiger partial charge is 0.495 e. The first-order valence-electron chi connectivity index (χ1n) is 11.9. The summed E-state index contributed by atoms with van der Waals surface area (Å²) in [5.74, 6) is -0.100. The van der Waals surface area contributed by atoms with Crippen LogP contribution in [0.25, 0.3) is 0 Å². The Balaban J connectivity index is 2.21. The predicted molar refractivity (Wildman–Crippen MR) is 144 cm³/mol. The van der Waals surface area contributed by atoms with Gasteiger partial charge < -0.3 is 15.0 Å². The molecule has 2 unspecified atom stereocenters. The van der Waals surface area contributed by atoms with E-state index in [0.29, 0.717) is 16.5 Å². The quantitative estimate of drug-likeness (QED) is 0.412. The molecule has 0 spiro atoms. The third kappa shape index (κ3) is 8.13. The van der Waals surface area contributed by atoms with Gasteiger partial charge in [-0.1, -0.05) is 48.9 Å². The number of methoxy groups -OCH3 is 1. The lowest BCUT2D eigenvalue weighted by atomic mass is 10.1. The predicted octanol–water partition coefficient (Wildman–Crippen LogP) is 4.23. The molecule has 2 atom stereocenters. The van der Waals surface area contributed by atoms with Crippen molar-refractivity contribution < 1.29 is 22.7 Å². The summed E-state index contributed by atoms with van der Waals surface area (Å²) in [4.78, 5) is 27.7. The fraction of sp³-hybridized carbons (Fsp3) is 0.462. The van der Waals surface area contributed by atoms with E-state index in [4.69, 9.17) is 16.3 Å². The number of sulfonamides is 1. The highest BCUT2D eigenvalue weighted by atomic mass is 35.5. The van der Waals surface area contributed by atoms with Crippen molar-refractivity contribution >= 4 is 39.1 Å². The lowest BCUT2D eigenvalue weighted by molar-refractivity contribution is -0.140. The van der Waals surface area contributed by atoms with Gasteiger partial charge in [-0.15, -0.1) is 0 Å². The molecule has 0 aliphatic carbocycles. The number of rotatable bonds is 13. The molecular weight excluding hydrogens is 502 g/mol. The third-order valence-corrected chi connectivity index (χ3v) is 7.52. The maximum Gasteiger partial charge on any atom is 0.242 e. The van der Waals surface area contributed by atoms with Crippen LogP contribution in [0.3, 0.4) is 0 Å². The van der Waals surface area contributed by atoms with Crippen molar-refractivity contribution in [2.45, 2.75) is 58.7 Å². The fourth-order valence-corrected chi connectivity index (χ4v) is 4.84. The number of anilines is 1. The second kappa shape index (κ2) is 13.5. The molecule has 0 aromatic heterocycles. The number of ether oxygens (including phenoxy) is 1. The molecule has 0 heterocycles. The highest BCUT2D eigenvalue weighted by molar-refractivity contribution is 7.92. The molecule has 0 saturated heterocycles. The Morgan fingerprint density at radius 3 is 2.33 bits per heavy atom. The lowest BCUT2D eigenvalue weighted by Gasteiger charge is -2.30. The number of halogens is 1. The van der Waals surface area contributed by atoms with Gasteiger partial charge in [-0.25, -0.2) is 8.42 Å². The van der Waals surface area contributed by atoms with Gasteiger partial charge in [0.25, 0.3) is 0 Å². The minimum Gasteiger partial charge on any atom is -0.495 e. The van der Waals surface area contributed by atoms with Crippen LogP contribution in [0.1, 0.15) is 45.6 Å². The van der Waals surface area contributed by atoms with E-state index >= 15 is 0 Å². The monoisotopic (exact) mass is 537 g/mol.